The molecule has 154 valence electrons. The highest BCUT2D eigenvalue weighted by atomic mass is 15.1. The second-order valence-electron chi connectivity index (χ2n) is 9.25. The summed E-state index contributed by atoms with van der Waals surface area (Å²) in [5, 5.41) is 2.57. The first-order chi connectivity index (χ1) is 14.9. The van der Waals surface area contributed by atoms with Crippen LogP contribution in [-0.4, -0.2) is 11.6 Å². The van der Waals surface area contributed by atoms with Gasteiger partial charge in [-0.3, -0.25) is 0 Å². The maximum absolute atomic E-state index is 2.37. The fourth-order valence-electron chi connectivity index (χ4n) is 4.38. The Morgan fingerprint density at radius 3 is 1.77 bits per heavy atom. The molecule has 2 nitrogen and oxygen atoms in total. The predicted molar refractivity (Wildman–Crippen MR) is 134 cm³/mol. The number of para-hydroxylation sites is 2. The van der Waals surface area contributed by atoms with Gasteiger partial charge in [-0.1, -0.05) is 75.4 Å². The molecule has 2 heteroatoms. The van der Waals surface area contributed by atoms with Gasteiger partial charge in [-0.15, -0.1) is 0 Å². The van der Waals surface area contributed by atoms with Gasteiger partial charge in [-0.05, 0) is 53.4 Å². The molecule has 0 N–H and O–H groups in total. The van der Waals surface area contributed by atoms with Crippen LogP contribution < -0.4 is 4.90 Å². The molecule has 0 spiro atoms. The molecule has 31 heavy (non-hydrogen) atoms. The van der Waals surface area contributed by atoms with E-state index in [-0.39, 0.29) is 5.41 Å². The Hall–Kier alpha value is -3.52. The van der Waals surface area contributed by atoms with Gasteiger partial charge in [0.2, 0.25) is 0 Å². The van der Waals surface area contributed by atoms with Crippen molar-refractivity contribution in [3.63, 3.8) is 0 Å². The van der Waals surface area contributed by atoms with Crippen molar-refractivity contribution < 1.29 is 0 Å². The molecule has 0 aliphatic rings. The first-order valence-corrected chi connectivity index (χ1v) is 10.9. The Morgan fingerprint density at radius 2 is 1.19 bits per heavy atom. The Balaban J connectivity index is 1.60. The van der Waals surface area contributed by atoms with Gasteiger partial charge in [0.25, 0.3) is 0 Å². The maximum atomic E-state index is 2.37. The standard InChI is InChI=1S/C29H28N2/c1-29(2,3)21-16-18-22(19-17-21)30(4)23-10-9-11-24(20-23)31-27-14-7-5-12-25(27)26-13-6-8-15-28(26)31/h5-20H,1-4H3. The highest BCUT2D eigenvalue weighted by molar-refractivity contribution is 6.09. The number of nitrogens with zero attached hydrogens (tertiary/aromatic N) is 2. The monoisotopic (exact) mass is 404 g/mol. The second-order valence-corrected chi connectivity index (χ2v) is 9.25. The molecular formula is C29H28N2. The molecule has 0 amide bonds. The SMILES string of the molecule is CN(c1ccc(C(C)(C)C)cc1)c1cccc(-n2c3ccccc3c3ccccc32)c1. The van der Waals surface area contributed by atoms with Crippen molar-refractivity contribution in [1.29, 1.82) is 0 Å². The molecule has 0 saturated carbocycles. The summed E-state index contributed by atoms with van der Waals surface area (Å²) in [6.07, 6.45) is 0. The summed E-state index contributed by atoms with van der Waals surface area (Å²) in [6.45, 7) is 6.75. The van der Waals surface area contributed by atoms with Crippen molar-refractivity contribution in [3.8, 4) is 5.69 Å². The van der Waals surface area contributed by atoms with Crippen molar-refractivity contribution in [2.24, 2.45) is 0 Å². The molecule has 1 heterocycles. The first-order valence-electron chi connectivity index (χ1n) is 10.9. The summed E-state index contributed by atoms with van der Waals surface area (Å²) in [5.74, 6) is 0. The molecule has 0 bridgehead atoms. The zero-order chi connectivity index (χ0) is 21.6. The fourth-order valence-corrected chi connectivity index (χ4v) is 4.38. The summed E-state index contributed by atoms with van der Waals surface area (Å²) < 4.78 is 2.37. The summed E-state index contributed by atoms with van der Waals surface area (Å²) in [5.41, 5.74) is 7.51. The molecule has 4 aromatic carbocycles. The van der Waals surface area contributed by atoms with Gasteiger partial charge in [0.1, 0.15) is 0 Å². The van der Waals surface area contributed by atoms with Gasteiger partial charge in [0, 0.05) is 34.9 Å². The van der Waals surface area contributed by atoms with Crippen LogP contribution in [0.3, 0.4) is 0 Å². The smallest absolute Gasteiger partial charge is 0.0541 e. The van der Waals surface area contributed by atoms with E-state index in [1.54, 1.807) is 0 Å². The lowest BCUT2D eigenvalue weighted by molar-refractivity contribution is 0.590. The van der Waals surface area contributed by atoms with Crippen molar-refractivity contribution in [1.82, 2.24) is 4.57 Å². The van der Waals surface area contributed by atoms with Crippen molar-refractivity contribution in [3.05, 3.63) is 103 Å². The lowest BCUT2D eigenvalue weighted by atomic mass is 9.87. The Labute approximate surface area is 184 Å². The Kier molecular flexibility index (Phi) is 4.59. The van der Waals surface area contributed by atoms with Crippen LogP contribution in [-0.2, 0) is 5.41 Å². The van der Waals surface area contributed by atoms with Crippen LogP contribution in [0.5, 0.6) is 0 Å². The minimum atomic E-state index is 0.160. The Morgan fingerprint density at radius 1 is 0.613 bits per heavy atom. The molecule has 0 aliphatic heterocycles. The van der Waals surface area contributed by atoms with E-state index in [4.69, 9.17) is 0 Å². The molecule has 0 saturated heterocycles. The largest absolute Gasteiger partial charge is 0.345 e. The van der Waals surface area contributed by atoms with E-state index in [0.29, 0.717) is 0 Å². The molecule has 0 aliphatic carbocycles. The summed E-state index contributed by atoms with van der Waals surface area (Å²) >= 11 is 0. The van der Waals surface area contributed by atoms with E-state index in [0.717, 1.165) is 0 Å². The van der Waals surface area contributed by atoms with Crippen molar-refractivity contribution in [2.75, 3.05) is 11.9 Å². The number of benzene rings is 4. The predicted octanol–water partition coefficient (Wildman–Crippen LogP) is 7.85. The average molecular weight is 405 g/mol. The van der Waals surface area contributed by atoms with Crippen molar-refractivity contribution >= 4 is 33.2 Å². The number of anilines is 2. The van der Waals surface area contributed by atoms with Crippen LogP contribution in [0.2, 0.25) is 0 Å². The minimum Gasteiger partial charge on any atom is -0.345 e. The van der Waals surface area contributed by atoms with Crippen LogP contribution in [0.15, 0.2) is 97.1 Å². The first kappa shape index (κ1) is 19.4. The van der Waals surface area contributed by atoms with E-state index in [2.05, 4.69) is 134 Å². The molecule has 5 aromatic rings. The number of fused-ring (bicyclic) bond motifs is 3. The number of hydrogen-bond acceptors (Lipinski definition) is 1. The summed E-state index contributed by atoms with van der Waals surface area (Å²) in [6, 6.07) is 35.0. The van der Waals surface area contributed by atoms with Gasteiger partial charge < -0.3 is 9.47 Å². The molecule has 0 unspecified atom stereocenters. The summed E-state index contributed by atoms with van der Waals surface area (Å²) in [4.78, 5) is 2.25. The van der Waals surface area contributed by atoms with Crippen LogP contribution in [0.25, 0.3) is 27.5 Å². The minimum absolute atomic E-state index is 0.160. The summed E-state index contributed by atoms with van der Waals surface area (Å²) in [7, 11) is 2.14. The highest BCUT2D eigenvalue weighted by Gasteiger charge is 2.15. The molecule has 0 radical (unpaired) electrons. The van der Waals surface area contributed by atoms with Crippen LogP contribution >= 0.6 is 0 Å². The third-order valence-electron chi connectivity index (χ3n) is 6.18. The topological polar surface area (TPSA) is 8.17 Å². The molecular weight excluding hydrogens is 376 g/mol. The number of rotatable bonds is 3. The van der Waals surface area contributed by atoms with Gasteiger partial charge in [-0.2, -0.15) is 0 Å². The highest BCUT2D eigenvalue weighted by Crippen LogP contribution is 2.34. The zero-order valence-electron chi connectivity index (χ0n) is 18.6. The van der Waals surface area contributed by atoms with Crippen LogP contribution in [0.4, 0.5) is 11.4 Å². The van der Waals surface area contributed by atoms with E-state index in [1.807, 2.05) is 0 Å². The molecule has 1 aromatic heterocycles. The second kappa shape index (κ2) is 7.31. The zero-order valence-corrected chi connectivity index (χ0v) is 18.6. The Bertz CT molecular complexity index is 1310. The lowest BCUT2D eigenvalue weighted by Crippen LogP contribution is -2.13. The third kappa shape index (κ3) is 3.38. The van der Waals surface area contributed by atoms with E-state index < -0.39 is 0 Å². The quantitative estimate of drug-likeness (QED) is 0.297. The van der Waals surface area contributed by atoms with Gasteiger partial charge in [0.05, 0.1) is 11.0 Å². The van der Waals surface area contributed by atoms with E-state index in [9.17, 15) is 0 Å². The third-order valence-corrected chi connectivity index (χ3v) is 6.18. The van der Waals surface area contributed by atoms with E-state index >= 15 is 0 Å². The van der Waals surface area contributed by atoms with Gasteiger partial charge >= 0.3 is 0 Å². The van der Waals surface area contributed by atoms with Crippen molar-refractivity contribution in [2.45, 2.75) is 26.2 Å². The van der Waals surface area contributed by atoms with Crippen LogP contribution in [0.1, 0.15) is 26.3 Å². The van der Waals surface area contributed by atoms with Gasteiger partial charge in [0.15, 0.2) is 0 Å². The number of hydrogen-bond donors (Lipinski definition) is 0. The van der Waals surface area contributed by atoms with Gasteiger partial charge in [-0.25, -0.2) is 0 Å². The maximum Gasteiger partial charge on any atom is 0.0541 e. The van der Waals surface area contributed by atoms with E-state index in [1.165, 1.54) is 44.4 Å². The molecule has 5 rings (SSSR count). The van der Waals surface area contributed by atoms with Crippen LogP contribution in [0, 0.1) is 0 Å². The normalized spacial score (nSPS) is 11.9. The average Bonchev–Trinajstić information content (AvgIpc) is 3.13. The molecule has 0 atom stereocenters. The lowest BCUT2D eigenvalue weighted by Gasteiger charge is -2.23. The number of aromatic nitrogens is 1. The fraction of sp³-hybridized carbons (Fsp3) is 0.172. The molecule has 0 fully saturated rings.